The monoisotopic (exact) mass is 613 g/mol. The van der Waals surface area contributed by atoms with Crippen molar-refractivity contribution in [3.63, 3.8) is 0 Å². The molecule has 10 heteroatoms. The van der Waals surface area contributed by atoms with Crippen LogP contribution < -0.4 is 4.72 Å². The van der Waals surface area contributed by atoms with Crippen LogP contribution >= 0.6 is 0 Å². The highest BCUT2D eigenvalue weighted by molar-refractivity contribution is 7.92. The number of sulfonamides is 1. The molecular formula is C33H41F2N3O4S. The largest absolute Gasteiger partial charge is 0.444 e. The zero-order chi connectivity index (χ0) is 31.2. The minimum Gasteiger partial charge on any atom is -0.444 e. The maximum atomic E-state index is 14.1. The molecule has 1 heterocycles. The van der Waals surface area contributed by atoms with Crippen LogP contribution in [-0.2, 0) is 40.7 Å². The molecule has 0 radical (unpaired) electrons. The third-order valence-corrected chi connectivity index (χ3v) is 8.75. The molecule has 232 valence electrons. The maximum Gasteiger partial charge on any atom is 0.410 e. The number of hydrogen-bond donors (Lipinski definition) is 1. The highest BCUT2D eigenvalue weighted by Crippen LogP contribution is 2.27. The van der Waals surface area contributed by atoms with Crippen molar-refractivity contribution in [2.45, 2.75) is 71.7 Å². The third-order valence-electron chi connectivity index (χ3n) is 7.25. The van der Waals surface area contributed by atoms with Crippen molar-refractivity contribution in [2.75, 3.05) is 23.6 Å². The number of fused-ring (bicyclic) bond motifs is 1. The highest BCUT2D eigenvalue weighted by Gasteiger charge is 2.29. The molecule has 3 aromatic carbocycles. The standard InChI is InChI=1S/C33H41F2N3O4S/c1-5-17-43(40,41)36-30-8-6-7-25(18-30)22-38(32(39)42-33(2,3)4)16-15-37-23-26-11-14-29(35)20-27(26)21-31(37)19-24-9-12-28(34)13-10-24/h6-14,18,20,31,36H,5,15-17,19,21-23H2,1-4H3. The van der Waals surface area contributed by atoms with Gasteiger partial charge in [0.2, 0.25) is 10.0 Å². The quantitative estimate of drug-likeness (QED) is 0.266. The molecule has 1 aliphatic heterocycles. The van der Waals surface area contributed by atoms with Crippen LogP contribution in [0.2, 0.25) is 0 Å². The molecule has 1 amide bonds. The number of hydrogen-bond acceptors (Lipinski definition) is 5. The zero-order valence-electron chi connectivity index (χ0n) is 25.3. The fourth-order valence-corrected chi connectivity index (χ4v) is 6.41. The number of anilines is 1. The first-order valence-corrected chi connectivity index (χ1v) is 16.3. The summed E-state index contributed by atoms with van der Waals surface area (Å²) in [6, 6.07) is 18.3. The average molecular weight is 614 g/mol. The Kier molecular flexibility index (Phi) is 10.4. The number of carbonyl (C=O) groups is 1. The lowest BCUT2D eigenvalue weighted by Gasteiger charge is -2.38. The summed E-state index contributed by atoms with van der Waals surface area (Å²) in [5, 5.41) is 0. The molecule has 1 unspecified atom stereocenters. The Bertz CT molecular complexity index is 1510. The number of amides is 1. The van der Waals surface area contributed by atoms with Crippen molar-refractivity contribution < 1.29 is 26.7 Å². The van der Waals surface area contributed by atoms with Crippen LogP contribution in [0.3, 0.4) is 0 Å². The molecule has 43 heavy (non-hydrogen) atoms. The van der Waals surface area contributed by atoms with E-state index in [1.54, 1.807) is 48.2 Å². The number of carbonyl (C=O) groups excluding carboxylic acids is 1. The Morgan fingerprint density at radius 1 is 1.00 bits per heavy atom. The van der Waals surface area contributed by atoms with Crippen LogP contribution in [0.25, 0.3) is 0 Å². The molecule has 0 saturated heterocycles. The lowest BCUT2D eigenvalue weighted by atomic mass is 9.90. The molecule has 0 bridgehead atoms. The Morgan fingerprint density at radius 3 is 2.42 bits per heavy atom. The van der Waals surface area contributed by atoms with E-state index >= 15 is 0 Å². The predicted octanol–water partition coefficient (Wildman–Crippen LogP) is 6.52. The first kappa shape index (κ1) is 32.4. The van der Waals surface area contributed by atoms with Gasteiger partial charge in [-0.25, -0.2) is 22.0 Å². The van der Waals surface area contributed by atoms with Gasteiger partial charge in [-0.15, -0.1) is 0 Å². The topological polar surface area (TPSA) is 79.0 Å². The van der Waals surface area contributed by atoms with Crippen molar-refractivity contribution in [3.8, 4) is 0 Å². The Morgan fingerprint density at radius 2 is 1.72 bits per heavy atom. The van der Waals surface area contributed by atoms with E-state index in [4.69, 9.17) is 4.74 Å². The minimum absolute atomic E-state index is 0.0107. The SMILES string of the molecule is CCCS(=O)(=O)Nc1cccc(CN(CCN2Cc3ccc(F)cc3CC2Cc2ccc(F)cc2)C(=O)OC(C)(C)C)c1. The van der Waals surface area contributed by atoms with Gasteiger partial charge in [0, 0.05) is 37.9 Å². The molecule has 0 saturated carbocycles. The van der Waals surface area contributed by atoms with Crippen LogP contribution in [0.5, 0.6) is 0 Å². The van der Waals surface area contributed by atoms with Gasteiger partial charge in [-0.3, -0.25) is 9.62 Å². The van der Waals surface area contributed by atoms with E-state index in [2.05, 4.69) is 9.62 Å². The second kappa shape index (κ2) is 13.9. The van der Waals surface area contributed by atoms with Crippen molar-refractivity contribution in [2.24, 2.45) is 0 Å². The van der Waals surface area contributed by atoms with Crippen molar-refractivity contribution in [1.29, 1.82) is 0 Å². The van der Waals surface area contributed by atoms with Gasteiger partial charge in [0.15, 0.2) is 0 Å². The molecule has 1 N–H and O–H groups in total. The fourth-order valence-electron chi connectivity index (χ4n) is 5.29. The summed E-state index contributed by atoms with van der Waals surface area (Å²) in [6.07, 6.45) is 1.29. The number of nitrogens with one attached hydrogen (secondary N) is 1. The first-order chi connectivity index (χ1) is 20.3. The highest BCUT2D eigenvalue weighted by atomic mass is 32.2. The van der Waals surface area contributed by atoms with E-state index in [-0.39, 0.29) is 30.0 Å². The van der Waals surface area contributed by atoms with E-state index in [1.165, 1.54) is 18.2 Å². The fraction of sp³-hybridized carbons (Fsp3) is 0.424. The van der Waals surface area contributed by atoms with Crippen molar-refractivity contribution >= 4 is 21.8 Å². The molecule has 1 atom stereocenters. The second-order valence-electron chi connectivity index (χ2n) is 12.1. The third kappa shape index (κ3) is 9.76. The summed E-state index contributed by atoms with van der Waals surface area (Å²) in [5.74, 6) is -0.554. The molecule has 7 nitrogen and oxygen atoms in total. The summed E-state index contributed by atoms with van der Waals surface area (Å²) in [4.78, 5) is 17.3. The van der Waals surface area contributed by atoms with E-state index in [1.807, 2.05) is 32.9 Å². The van der Waals surface area contributed by atoms with Gasteiger partial charge in [0.1, 0.15) is 17.2 Å². The number of halogens is 2. The normalized spacial score (nSPS) is 15.5. The summed E-state index contributed by atoms with van der Waals surface area (Å²) in [7, 11) is -3.46. The van der Waals surface area contributed by atoms with E-state index < -0.39 is 21.7 Å². The molecule has 0 fully saturated rings. The Hall–Kier alpha value is -3.50. The number of rotatable bonds is 11. The smallest absolute Gasteiger partial charge is 0.410 e. The minimum atomic E-state index is -3.46. The van der Waals surface area contributed by atoms with Gasteiger partial charge in [-0.1, -0.05) is 37.3 Å². The Balaban J connectivity index is 1.55. The van der Waals surface area contributed by atoms with E-state index in [9.17, 15) is 22.0 Å². The van der Waals surface area contributed by atoms with Crippen LogP contribution in [0.15, 0.2) is 66.7 Å². The van der Waals surface area contributed by atoms with Gasteiger partial charge >= 0.3 is 6.09 Å². The number of benzene rings is 3. The summed E-state index contributed by atoms with van der Waals surface area (Å²) >= 11 is 0. The van der Waals surface area contributed by atoms with Crippen molar-refractivity contribution in [1.82, 2.24) is 9.80 Å². The maximum absolute atomic E-state index is 14.1. The Labute approximate surface area is 253 Å². The van der Waals surface area contributed by atoms with E-state index in [0.29, 0.717) is 44.6 Å². The van der Waals surface area contributed by atoms with Gasteiger partial charge in [0.05, 0.1) is 5.75 Å². The number of ether oxygens (including phenoxy) is 1. The second-order valence-corrected chi connectivity index (χ2v) is 13.9. The number of nitrogens with zero attached hydrogens (tertiary/aromatic N) is 2. The molecule has 0 aliphatic carbocycles. The van der Waals surface area contributed by atoms with E-state index in [0.717, 1.165) is 22.3 Å². The van der Waals surface area contributed by atoms with Crippen LogP contribution in [0, 0.1) is 11.6 Å². The van der Waals surface area contributed by atoms with Crippen molar-refractivity contribution in [3.05, 3.63) is 101 Å². The lowest BCUT2D eigenvalue weighted by molar-refractivity contribution is 0.0198. The molecule has 0 aromatic heterocycles. The summed E-state index contributed by atoms with van der Waals surface area (Å²) in [6.45, 7) is 8.90. The van der Waals surface area contributed by atoms with Crippen LogP contribution in [-0.4, -0.2) is 54.8 Å². The van der Waals surface area contributed by atoms with Crippen LogP contribution in [0.1, 0.15) is 56.4 Å². The molecule has 3 aromatic rings. The molecule has 0 spiro atoms. The van der Waals surface area contributed by atoms with Gasteiger partial charge in [-0.05, 0) is 98.7 Å². The summed E-state index contributed by atoms with van der Waals surface area (Å²) in [5.41, 5.74) is 3.45. The molecule has 1 aliphatic rings. The summed E-state index contributed by atoms with van der Waals surface area (Å²) < 4.78 is 60.6. The molecule has 4 rings (SSSR count). The predicted molar refractivity (Wildman–Crippen MR) is 165 cm³/mol. The van der Waals surface area contributed by atoms with Gasteiger partial charge < -0.3 is 9.64 Å². The van der Waals surface area contributed by atoms with Crippen LogP contribution in [0.4, 0.5) is 19.3 Å². The first-order valence-electron chi connectivity index (χ1n) is 14.6. The zero-order valence-corrected chi connectivity index (χ0v) is 26.1. The van der Waals surface area contributed by atoms with Gasteiger partial charge in [-0.2, -0.15) is 0 Å². The lowest BCUT2D eigenvalue weighted by Crippen LogP contribution is -2.47. The van der Waals surface area contributed by atoms with Gasteiger partial charge in [0.25, 0.3) is 0 Å². The molecular weight excluding hydrogens is 572 g/mol. The average Bonchev–Trinajstić information content (AvgIpc) is 2.91.